The van der Waals surface area contributed by atoms with E-state index in [-0.39, 0.29) is 6.04 Å². The highest BCUT2D eigenvalue weighted by Gasteiger charge is 2.14. The molecule has 3 rings (SSSR count). The summed E-state index contributed by atoms with van der Waals surface area (Å²) in [5.41, 5.74) is 2.04. The summed E-state index contributed by atoms with van der Waals surface area (Å²) in [6, 6.07) is 12.5. The smallest absolute Gasteiger partial charge is 0.138 e. The summed E-state index contributed by atoms with van der Waals surface area (Å²) in [6.07, 6.45) is 2.34. The molecule has 2 heterocycles. The van der Waals surface area contributed by atoms with Crippen molar-refractivity contribution in [2.75, 3.05) is 7.05 Å². The Hall–Kier alpha value is -2.27. The van der Waals surface area contributed by atoms with Crippen LogP contribution in [0, 0.1) is 0 Å². The van der Waals surface area contributed by atoms with E-state index < -0.39 is 0 Å². The summed E-state index contributed by atoms with van der Waals surface area (Å²) in [5, 5.41) is 8.57. The van der Waals surface area contributed by atoms with Gasteiger partial charge in [-0.2, -0.15) is 5.10 Å². The fraction of sp³-hybridized carbons (Fsp3) is 0.267. The molecule has 0 saturated heterocycles. The zero-order valence-corrected chi connectivity index (χ0v) is 11.6. The third kappa shape index (κ3) is 2.40. The molecule has 102 valence electrons. The Morgan fingerprint density at radius 3 is 2.80 bits per heavy atom. The highest BCUT2D eigenvalue weighted by Crippen LogP contribution is 2.19. The van der Waals surface area contributed by atoms with Crippen LogP contribution in [0.15, 0.2) is 42.7 Å². The number of rotatable bonds is 4. The van der Waals surface area contributed by atoms with Crippen LogP contribution >= 0.6 is 0 Å². The molecule has 1 unspecified atom stereocenters. The molecule has 5 nitrogen and oxygen atoms in total. The van der Waals surface area contributed by atoms with Crippen molar-refractivity contribution in [3.05, 3.63) is 54.2 Å². The normalized spacial score (nSPS) is 12.7. The minimum Gasteiger partial charge on any atom is -0.311 e. The third-order valence-electron chi connectivity index (χ3n) is 3.52. The number of nitrogens with zero attached hydrogens (tertiary/aromatic N) is 4. The van der Waals surface area contributed by atoms with Crippen LogP contribution < -0.4 is 5.32 Å². The molecular formula is C15H17N5. The van der Waals surface area contributed by atoms with E-state index in [1.54, 1.807) is 11.0 Å². The highest BCUT2D eigenvalue weighted by molar-refractivity contribution is 5.78. The average Bonchev–Trinajstić information content (AvgIpc) is 2.89. The number of fused-ring (bicyclic) bond motifs is 1. The molecule has 0 amide bonds. The van der Waals surface area contributed by atoms with E-state index in [9.17, 15) is 0 Å². The van der Waals surface area contributed by atoms with Crippen molar-refractivity contribution in [3.8, 4) is 0 Å². The lowest BCUT2D eigenvalue weighted by Crippen LogP contribution is -2.21. The standard InChI is InChI=1S/C15H17N5/c1-16-14(9-15-17-10-18-20(15)2)13-8-7-11-5-3-4-6-12(11)19-13/h3-8,10,14,16H,9H2,1-2H3. The highest BCUT2D eigenvalue weighted by atomic mass is 15.3. The predicted octanol–water partition coefficient (Wildman–Crippen LogP) is 1.87. The number of hydrogen-bond donors (Lipinski definition) is 1. The first kappa shape index (κ1) is 12.7. The van der Waals surface area contributed by atoms with E-state index >= 15 is 0 Å². The van der Waals surface area contributed by atoms with Gasteiger partial charge in [-0.3, -0.25) is 9.67 Å². The van der Waals surface area contributed by atoms with E-state index in [0.29, 0.717) is 0 Å². The number of aromatic nitrogens is 4. The molecule has 2 aromatic heterocycles. The molecule has 0 fully saturated rings. The second-order valence-corrected chi connectivity index (χ2v) is 4.77. The molecule has 5 heteroatoms. The third-order valence-corrected chi connectivity index (χ3v) is 3.52. The van der Waals surface area contributed by atoms with E-state index in [1.165, 1.54) is 0 Å². The lowest BCUT2D eigenvalue weighted by Gasteiger charge is -2.15. The first-order valence-electron chi connectivity index (χ1n) is 6.64. The van der Waals surface area contributed by atoms with Gasteiger partial charge in [-0.05, 0) is 19.2 Å². The lowest BCUT2D eigenvalue weighted by molar-refractivity contribution is 0.543. The zero-order valence-electron chi connectivity index (χ0n) is 11.6. The van der Waals surface area contributed by atoms with Gasteiger partial charge in [0.15, 0.2) is 0 Å². The quantitative estimate of drug-likeness (QED) is 0.784. The van der Waals surface area contributed by atoms with Crippen molar-refractivity contribution in [3.63, 3.8) is 0 Å². The van der Waals surface area contributed by atoms with Crippen LogP contribution in [0.25, 0.3) is 10.9 Å². The fourth-order valence-corrected chi connectivity index (χ4v) is 2.32. The molecular weight excluding hydrogens is 250 g/mol. The molecule has 1 aromatic carbocycles. The topological polar surface area (TPSA) is 55.6 Å². The molecule has 1 N–H and O–H groups in total. The van der Waals surface area contributed by atoms with Gasteiger partial charge in [0, 0.05) is 18.9 Å². The maximum Gasteiger partial charge on any atom is 0.138 e. The molecule has 3 aromatic rings. The maximum absolute atomic E-state index is 4.74. The van der Waals surface area contributed by atoms with Crippen molar-refractivity contribution >= 4 is 10.9 Å². The van der Waals surface area contributed by atoms with Gasteiger partial charge in [-0.25, -0.2) is 4.98 Å². The predicted molar refractivity (Wildman–Crippen MR) is 78.3 cm³/mol. The first-order valence-corrected chi connectivity index (χ1v) is 6.64. The Morgan fingerprint density at radius 2 is 2.05 bits per heavy atom. The van der Waals surface area contributed by atoms with Crippen molar-refractivity contribution in [1.82, 2.24) is 25.1 Å². The van der Waals surface area contributed by atoms with Gasteiger partial charge in [0.1, 0.15) is 12.2 Å². The molecule has 0 spiro atoms. The van der Waals surface area contributed by atoms with Crippen molar-refractivity contribution < 1.29 is 0 Å². The Balaban J connectivity index is 1.92. The van der Waals surface area contributed by atoms with E-state index in [0.717, 1.165) is 28.8 Å². The summed E-state index contributed by atoms with van der Waals surface area (Å²) >= 11 is 0. The SMILES string of the molecule is CNC(Cc1ncnn1C)c1ccc2ccccc2n1. The Labute approximate surface area is 117 Å². The molecule has 0 radical (unpaired) electrons. The van der Waals surface area contributed by atoms with E-state index in [4.69, 9.17) is 4.98 Å². The summed E-state index contributed by atoms with van der Waals surface area (Å²) < 4.78 is 1.80. The fourth-order valence-electron chi connectivity index (χ4n) is 2.32. The van der Waals surface area contributed by atoms with Gasteiger partial charge < -0.3 is 5.32 Å². The summed E-state index contributed by atoms with van der Waals surface area (Å²) in [4.78, 5) is 9.01. The molecule has 0 aliphatic carbocycles. The number of hydrogen-bond acceptors (Lipinski definition) is 4. The molecule has 0 aliphatic heterocycles. The van der Waals surface area contributed by atoms with Crippen LogP contribution in [-0.2, 0) is 13.5 Å². The molecule has 0 aliphatic rings. The van der Waals surface area contributed by atoms with Crippen molar-refractivity contribution in [2.45, 2.75) is 12.5 Å². The average molecular weight is 267 g/mol. The monoisotopic (exact) mass is 267 g/mol. The molecule has 1 atom stereocenters. The van der Waals surface area contributed by atoms with Crippen LogP contribution in [0.4, 0.5) is 0 Å². The summed E-state index contributed by atoms with van der Waals surface area (Å²) in [7, 11) is 3.85. The second-order valence-electron chi connectivity index (χ2n) is 4.77. The number of para-hydroxylation sites is 1. The Morgan fingerprint density at radius 1 is 1.20 bits per heavy atom. The number of nitrogens with one attached hydrogen (secondary N) is 1. The number of likely N-dealkylation sites (N-methyl/N-ethyl adjacent to an activating group) is 1. The van der Waals surface area contributed by atoms with E-state index in [2.05, 4.69) is 33.6 Å². The number of benzene rings is 1. The number of aryl methyl sites for hydroxylation is 1. The lowest BCUT2D eigenvalue weighted by atomic mass is 10.1. The van der Waals surface area contributed by atoms with Gasteiger partial charge in [0.2, 0.25) is 0 Å². The Bertz CT molecular complexity index is 719. The van der Waals surface area contributed by atoms with Gasteiger partial charge in [-0.1, -0.05) is 24.3 Å². The van der Waals surface area contributed by atoms with Crippen molar-refractivity contribution in [2.24, 2.45) is 7.05 Å². The first-order chi connectivity index (χ1) is 9.78. The van der Waals surface area contributed by atoms with Crippen LogP contribution in [0.1, 0.15) is 17.6 Å². The van der Waals surface area contributed by atoms with Crippen LogP contribution in [0.5, 0.6) is 0 Å². The zero-order chi connectivity index (χ0) is 13.9. The Kier molecular flexibility index (Phi) is 3.43. The largest absolute Gasteiger partial charge is 0.311 e. The number of pyridine rings is 1. The molecule has 0 saturated carbocycles. The minimum absolute atomic E-state index is 0.127. The van der Waals surface area contributed by atoms with Crippen molar-refractivity contribution in [1.29, 1.82) is 0 Å². The molecule has 20 heavy (non-hydrogen) atoms. The maximum atomic E-state index is 4.74. The minimum atomic E-state index is 0.127. The van der Waals surface area contributed by atoms with Gasteiger partial charge in [-0.15, -0.1) is 0 Å². The summed E-state index contributed by atoms with van der Waals surface area (Å²) in [5.74, 6) is 0.944. The van der Waals surface area contributed by atoms with Gasteiger partial charge in [0.05, 0.1) is 17.3 Å². The van der Waals surface area contributed by atoms with Crippen LogP contribution in [0.2, 0.25) is 0 Å². The van der Waals surface area contributed by atoms with Crippen LogP contribution in [-0.4, -0.2) is 26.8 Å². The molecule has 0 bridgehead atoms. The van der Waals surface area contributed by atoms with Crippen LogP contribution in [0.3, 0.4) is 0 Å². The second kappa shape index (κ2) is 5.38. The van der Waals surface area contributed by atoms with Gasteiger partial charge >= 0.3 is 0 Å². The van der Waals surface area contributed by atoms with Gasteiger partial charge in [0.25, 0.3) is 0 Å². The van der Waals surface area contributed by atoms with E-state index in [1.807, 2.05) is 32.3 Å². The summed E-state index contributed by atoms with van der Waals surface area (Å²) in [6.45, 7) is 0.